The van der Waals surface area contributed by atoms with Gasteiger partial charge in [0, 0.05) is 19.1 Å². The van der Waals surface area contributed by atoms with E-state index in [4.69, 9.17) is 5.73 Å². The molecule has 1 unspecified atom stereocenters. The Morgan fingerprint density at radius 2 is 1.81 bits per heavy atom. The van der Waals surface area contributed by atoms with Crippen LogP contribution in [0.4, 0.5) is 0 Å². The fraction of sp³-hybridized carbons (Fsp3) is 1.00. The summed E-state index contributed by atoms with van der Waals surface area (Å²) in [6.45, 7) is 6.98. The minimum absolute atomic E-state index is 0.457. The van der Waals surface area contributed by atoms with Crippen molar-refractivity contribution in [1.29, 1.82) is 0 Å². The fourth-order valence-electron chi connectivity index (χ4n) is 2.08. The van der Waals surface area contributed by atoms with Gasteiger partial charge in [0.1, 0.15) is 0 Å². The zero-order chi connectivity index (χ0) is 12.0. The molecular formula is C13H29N3. The van der Waals surface area contributed by atoms with Crippen LogP contribution in [0.15, 0.2) is 0 Å². The summed E-state index contributed by atoms with van der Waals surface area (Å²) in [7, 11) is 4.28. The first-order chi connectivity index (χ1) is 7.63. The quantitative estimate of drug-likeness (QED) is 0.646. The highest BCUT2D eigenvalue weighted by molar-refractivity contribution is 4.84. The molecule has 0 radical (unpaired) electrons. The fourth-order valence-corrected chi connectivity index (χ4v) is 2.08. The number of rotatable bonds is 9. The summed E-state index contributed by atoms with van der Waals surface area (Å²) in [5, 5.41) is 0. The van der Waals surface area contributed by atoms with E-state index in [0.717, 1.165) is 12.5 Å². The molecule has 3 nitrogen and oxygen atoms in total. The molecule has 0 heterocycles. The van der Waals surface area contributed by atoms with E-state index in [1.54, 1.807) is 0 Å². The molecule has 1 atom stereocenters. The highest BCUT2D eigenvalue weighted by atomic mass is 15.2. The lowest BCUT2D eigenvalue weighted by Crippen LogP contribution is -2.36. The SMILES string of the molecule is CCCN(CCC(N)C1CC1)CCN(C)C. The third kappa shape index (κ3) is 5.83. The second-order valence-electron chi connectivity index (χ2n) is 5.43. The molecule has 2 N–H and O–H groups in total. The standard InChI is InChI=1S/C13H29N3/c1-4-8-16(11-10-15(2)3)9-7-13(14)12-5-6-12/h12-13H,4-11,14H2,1-3H3. The van der Waals surface area contributed by atoms with Crippen LogP contribution in [0.3, 0.4) is 0 Å². The van der Waals surface area contributed by atoms with Gasteiger partial charge in [-0.2, -0.15) is 0 Å². The molecule has 0 aromatic heterocycles. The topological polar surface area (TPSA) is 32.5 Å². The van der Waals surface area contributed by atoms with Crippen LogP contribution in [0.1, 0.15) is 32.6 Å². The lowest BCUT2D eigenvalue weighted by atomic mass is 10.1. The molecule has 0 amide bonds. The normalized spacial score (nSPS) is 18.4. The predicted octanol–water partition coefficient (Wildman–Crippen LogP) is 1.39. The van der Waals surface area contributed by atoms with Gasteiger partial charge in [0.05, 0.1) is 0 Å². The first-order valence-electron chi connectivity index (χ1n) is 6.76. The summed E-state index contributed by atoms with van der Waals surface area (Å²) in [6.07, 6.45) is 5.16. The van der Waals surface area contributed by atoms with Gasteiger partial charge in [-0.1, -0.05) is 6.92 Å². The molecular weight excluding hydrogens is 198 g/mol. The second-order valence-corrected chi connectivity index (χ2v) is 5.43. The molecule has 1 rings (SSSR count). The Morgan fingerprint density at radius 3 is 2.31 bits per heavy atom. The summed E-state index contributed by atoms with van der Waals surface area (Å²) in [5.41, 5.74) is 6.14. The van der Waals surface area contributed by atoms with E-state index in [9.17, 15) is 0 Å². The Balaban J connectivity index is 2.15. The highest BCUT2D eigenvalue weighted by Gasteiger charge is 2.28. The molecule has 0 spiro atoms. The van der Waals surface area contributed by atoms with Crippen molar-refractivity contribution in [2.45, 2.75) is 38.6 Å². The van der Waals surface area contributed by atoms with Crippen LogP contribution in [0, 0.1) is 5.92 Å². The molecule has 1 aliphatic rings. The Labute approximate surface area is 101 Å². The molecule has 0 aliphatic heterocycles. The van der Waals surface area contributed by atoms with E-state index >= 15 is 0 Å². The van der Waals surface area contributed by atoms with Crippen molar-refractivity contribution in [3.63, 3.8) is 0 Å². The number of hydrogen-bond acceptors (Lipinski definition) is 3. The predicted molar refractivity (Wildman–Crippen MR) is 70.6 cm³/mol. The average Bonchev–Trinajstić information content (AvgIpc) is 3.05. The molecule has 3 heteroatoms. The van der Waals surface area contributed by atoms with Crippen LogP contribution in [0.2, 0.25) is 0 Å². The van der Waals surface area contributed by atoms with Gasteiger partial charge in [0.15, 0.2) is 0 Å². The Kier molecular flexibility index (Phi) is 6.32. The Bertz CT molecular complexity index is 178. The lowest BCUT2D eigenvalue weighted by molar-refractivity contribution is 0.231. The van der Waals surface area contributed by atoms with Crippen LogP contribution < -0.4 is 5.73 Å². The minimum Gasteiger partial charge on any atom is -0.327 e. The van der Waals surface area contributed by atoms with Gasteiger partial charge in [-0.15, -0.1) is 0 Å². The van der Waals surface area contributed by atoms with Gasteiger partial charge in [0.2, 0.25) is 0 Å². The molecule has 0 aromatic carbocycles. The van der Waals surface area contributed by atoms with Crippen molar-refractivity contribution in [2.24, 2.45) is 11.7 Å². The summed E-state index contributed by atoms with van der Waals surface area (Å²) in [4.78, 5) is 4.81. The Hall–Kier alpha value is -0.120. The monoisotopic (exact) mass is 227 g/mol. The summed E-state index contributed by atoms with van der Waals surface area (Å²) in [6, 6.07) is 0.457. The van der Waals surface area contributed by atoms with Crippen LogP contribution >= 0.6 is 0 Å². The minimum atomic E-state index is 0.457. The molecule has 0 bridgehead atoms. The van der Waals surface area contributed by atoms with Gasteiger partial charge < -0.3 is 15.5 Å². The third-order valence-corrected chi connectivity index (χ3v) is 3.41. The molecule has 1 aliphatic carbocycles. The van der Waals surface area contributed by atoms with E-state index in [1.807, 2.05) is 0 Å². The van der Waals surface area contributed by atoms with Crippen LogP contribution in [0.25, 0.3) is 0 Å². The van der Waals surface area contributed by atoms with Crippen LogP contribution in [-0.2, 0) is 0 Å². The maximum Gasteiger partial charge on any atom is 0.0109 e. The highest BCUT2D eigenvalue weighted by Crippen LogP contribution is 2.32. The number of likely N-dealkylation sites (N-methyl/N-ethyl adjacent to an activating group) is 1. The third-order valence-electron chi connectivity index (χ3n) is 3.41. The van der Waals surface area contributed by atoms with Crippen molar-refractivity contribution in [3.05, 3.63) is 0 Å². The molecule has 16 heavy (non-hydrogen) atoms. The van der Waals surface area contributed by atoms with E-state index in [1.165, 1.54) is 45.3 Å². The molecule has 96 valence electrons. The van der Waals surface area contributed by atoms with Gasteiger partial charge >= 0.3 is 0 Å². The molecule has 1 fully saturated rings. The van der Waals surface area contributed by atoms with Gasteiger partial charge in [0.25, 0.3) is 0 Å². The first-order valence-corrected chi connectivity index (χ1v) is 6.76. The van der Waals surface area contributed by atoms with Crippen molar-refractivity contribution < 1.29 is 0 Å². The van der Waals surface area contributed by atoms with E-state index in [2.05, 4.69) is 30.8 Å². The molecule has 0 aromatic rings. The maximum absolute atomic E-state index is 6.14. The largest absolute Gasteiger partial charge is 0.327 e. The number of nitrogens with two attached hydrogens (primary N) is 1. The van der Waals surface area contributed by atoms with E-state index in [0.29, 0.717) is 6.04 Å². The summed E-state index contributed by atoms with van der Waals surface area (Å²) in [5.74, 6) is 0.845. The van der Waals surface area contributed by atoms with Crippen molar-refractivity contribution in [2.75, 3.05) is 40.3 Å². The molecule has 1 saturated carbocycles. The number of nitrogens with zero attached hydrogens (tertiary/aromatic N) is 2. The zero-order valence-corrected chi connectivity index (χ0v) is 11.3. The summed E-state index contributed by atoms with van der Waals surface area (Å²) < 4.78 is 0. The van der Waals surface area contributed by atoms with Gasteiger partial charge in [-0.3, -0.25) is 0 Å². The second kappa shape index (κ2) is 7.25. The van der Waals surface area contributed by atoms with Crippen LogP contribution in [-0.4, -0.2) is 56.1 Å². The molecule has 0 saturated heterocycles. The van der Waals surface area contributed by atoms with Gasteiger partial charge in [-0.25, -0.2) is 0 Å². The smallest absolute Gasteiger partial charge is 0.0109 e. The van der Waals surface area contributed by atoms with Crippen molar-refractivity contribution in [1.82, 2.24) is 9.80 Å². The van der Waals surface area contributed by atoms with Gasteiger partial charge in [-0.05, 0) is 58.8 Å². The number of hydrogen-bond donors (Lipinski definition) is 1. The van der Waals surface area contributed by atoms with Crippen molar-refractivity contribution in [3.8, 4) is 0 Å². The average molecular weight is 227 g/mol. The Morgan fingerprint density at radius 1 is 1.12 bits per heavy atom. The maximum atomic E-state index is 6.14. The summed E-state index contributed by atoms with van der Waals surface area (Å²) >= 11 is 0. The van der Waals surface area contributed by atoms with Crippen molar-refractivity contribution >= 4 is 0 Å². The zero-order valence-electron chi connectivity index (χ0n) is 11.3. The van der Waals surface area contributed by atoms with E-state index < -0.39 is 0 Å². The van der Waals surface area contributed by atoms with E-state index in [-0.39, 0.29) is 0 Å². The first kappa shape index (κ1) is 13.9. The lowest BCUT2D eigenvalue weighted by Gasteiger charge is -2.25. The van der Waals surface area contributed by atoms with Crippen LogP contribution in [0.5, 0.6) is 0 Å².